The minimum atomic E-state index is -3.77. The van der Waals surface area contributed by atoms with Crippen LogP contribution in [0.1, 0.15) is 4.88 Å². The largest absolute Gasteiger partial charge is 0.478 e. The minimum Gasteiger partial charge on any atom is -0.478 e. The number of carbonyl (C=O) groups is 2. The number of thiophene rings is 1. The summed E-state index contributed by atoms with van der Waals surface area (Å²) in [6, 6.07) is 11.0. The van der Waals surface area contributed by atoms with Crippen LogP contribution >= 0.6 is 11.3 Å². The lowest BCUT2D eigenvalue weighted by Gasteiger charge is -2.06. The number of rotatable bonds is 7. The van der Waals surface area contributed by atoms with Gasteiger partial charge >= 0.3 is 11.9 Å². The van der Waals surface area contributed by atoms with E-state index in [0.29, 0.717) is 24.3 Å². The quantitative estimate of drug-likeness (QED) is 0.441. The maximum Gasteiger partial charge on any atom is 0.328 e. The molecule has 0 atom stereocenters. The summed E-state index contributed by atoms with van der Waals surface area (Å²) < 4.78 is 40.3. The second-order valence-corrected chi connectivity index (χ2v) is 9.41. The van der Waals surface area contributed by atoms with E-state index >= 15 is 0 Å². The van der Waals surface area contributed by atoms with Gasteiger partial charge in [-0.2, -0.15) is 0 Å². The monoisotopic (exact) mass is 478 g/mol. The van der Waals surface area contributed by atoms with Gasteiger partial charge in [-0.05, 0) is 31.3 Å². The zero-order valence-corrected chi connectivity index (χ0v) is 18.4. The third kappa shape index (κ3) is 6.54. The first-order valence-electron chi connectivity index (χ1n) is 8.98. The summed E-state index contributed by atoms with van der Waals surface area (Å²) in [5.41, 5.74) is 0.658. The summed E-state index contributed by atoms with van der Waals surface area (Å²) >= 11 is 1.14. The van der Waals surface area contributed by atoms with E-state index in [4.69, 9.17) is 10.2 Å². The maximum absolute atomic E-state index is 14.2. The van der Waals surface area contributed by atoms with Crippen molar-refractivity contribution in [1.29, 1.82) is 0 Å². The van der Waals surface area contributed by atoms with E-state index in [1.165, 1.54) is 24.5 Å². The molecule has 0 spiro atoms. The predicted molar refractivity (Wildman–Crippen MR) is 117 cm³/mol. The fourth-order valence-corrected chi connectivity index (χ4v) is 5.60. The molecule has 1 aromatic carbocycles. The lowest BCUT2D eigenvalue weighted by Crippen LogP contribution is -2.03. The molecule has 0 aliphatic rings. The van der Waals surface area contributed by atoms with E-state index < -0.39 is 27.6 Å². The number of pyridine rings is 1. The van der Waals surface area contributed by atoms with Gasteiger partial charge in [0.2, 0.25) is 9.84 Å². The van der Waals surface area contributed by atoms with Crippen LogP contribution < -0.4 is 5.32 Å². The van der Waals surface area contributed by atoms with Crippen molar-refractivity contribution >= 4 is 33.1 Å². The first-order valence-corrected chi connectivity index (χ1v) is 11.3. The van der Waals surface area contributed by atoms with Crippen molar-refractivity contribution in [2.45, 2.75) is 15.6 Å². The van der Waals surface area contributed by atoms with E-state index in [-0.39, 0.29) is 14.7 Å². The fourth-order valence-electron chi connectivity index (χ4n) is 2.51. The van der Waals surface area contributed by atoms with Crippen LogP contribution in [0.3, 0.4) is 0 Å². The Morgan fingerprint density at radius 1 is 1.09 bits per heavy atom. The van der Waals surface area contributed by atoms with Crippen molar-refractivity contribution in [3.63, 3.8) is 0 Å². The molecular weight excluding hydrogens is 459 g/mol. The number of carboxylic acids is 2. The number of benzene rings is 1. The second kappa shape index (κ2) is 11.3. The highest BCUT2D eigenvalue weighted by atomic mass is 32.2. The Bertz CT molecular complexity index is 1210. The molecule has 2 heterocycles. The molecular formula is C21H19FN2O6S2. The van der Waals surface area contributed by atoms with Gasteiger partial charge in [-0.15, -0.1) is 11.3 Å². The SMILES string of the molecule is CNCc1cc(-c2ccccc2F)c(S(=O)(=O)c2cccnc2)s1.O=C(O)/C=C/C(=O)O. The van der Waals surface area contributed by atoms with Crippen LogP contribution in [0, 0.1) is 5.82 Å². The molecule has 0 fully saturated rings. The first-order chi connectivity index (χ1) is 15.2. The van der Waals surface area contributed by atoms with E-state index in [2.05, 4.69) is 10.3 Å². The normalized spacial score (nSPS) is 11.1. The van der Waals surface area contributed by atoms with Gasteiger partial charge in [0, 0.05) is 47.1 Å². The van der Waals surface area contributed by atoms with Crippen molar-refractivity contribution in [1.82, 2.24) is 10.3 Å². The van der Waals surface area contributed by atoms with Gasteiger partial charge in [0.25, 0.3) is 0 Å². The topological polar surface area (TPSA) is 134 Å². The average Bonchev–Trinajstić information content (AvgIpc) is 3.18. The highest BCUT2D eigenvalue weighted by Gasteiger charge is 2.26. The third-order valence-electron chi connectivity index (χ3n) is 3.82. The van der Waals surface area contributed by atoms with E-state index in [0.717, 1.165) is 16.2 Å². The Hall–Kier alpha value is -3.41. The molecule has 0 bridgehead atoms. The Morgan fingerprint density at radius 2 is 1.75 bits per heavy atom. The molecule has 0 unspecified atom stereocenters. The summed E-state index contributed by atoms with van der Waals surface area (Å²) in [5, 5.41) is 18.6. The predicted octanol–water partition coefficient (Wildman–Crippen LogP) is 3.21. The van der Waals surface area contributed by atoms with Gasteiger partial charge in [-0.25, -0.2) is 22.4 Å². The molecule has 168 valence electrons. The van der Waals surface area contributed by atoms with Crippen LogP contribution in [0.25, 0.3) is 11.1 Å². The highest BCUT2D eigenvalue weighted by molar-refractivity contribution is 7.93. The molecule has 11 heteroatoms. The van der Waals surface area contributed by atoms with Crippen molar-refractivity contribution in [3.05, 3.63) is 77.7 Å². The van der Waals surface area contributed by atoms with Crippen LogP contribution in [-0.4, -0.2) is 42.6 Å². The third-order valence-corrected chi connectivity index (χ3v) is 7.23. The lowest BCUT2D eigenvalue weighted by atomic mass is 10.1. The summed E-state index contributed by atoms with van der Waals surface area (Å²) in [4.78, 5) is 23.9. The first kappa shape index (κ1) is 24.9. The molecule has 0 aliphatic heterocycles. The second-order valence-electron chi connectivity index (χ2n) is 6.13. The smallest absolute Gasteiger partial charge is 0.328 e. The maximum atomic E-state index is 14.2. The number of sulfone groups is 1. The summed E-state index contributed by atoms with van der Waals surface area (Å²) in [5.74, 6) is -2.96. The number of nitrogens with one attached hydrogen (secondary N) is 1. The molecule has 0 saturated heterocycles. The molecule has 8 nitrogen and oxygen atoms in total. The molecule has 0 amide bonds. The number of nitrogens with zero attached hydrogens (tertiary/aromatic N) is 1. The molecule has 2 aromatic heterocycles. The van der Waals surface area contributed by atoms with E-state index in [1.54, 1.807) is 37.4 Å². The van der Waals surface area contributed by atoms with Crippen molar-refractivity contribution in [2.24, 2.45) is 0 Å². The van der Waals surface area contributed by atoms with Crippen molar-refractivity contribution in [2.75, 3.05) is 7.05 Å². The van der Waals surface area contributed by atoms with Crippen LogP contribution in [0.5, 0.6) is 0 Å². The number of hydrogen-bond acceptors (Lipinski definition) is 7. The molecule has 3 aromatic rings. The molecule has 3 N–H and O–H groups in total. The summed E-state index contributed by atoms with van der Waals surface area (Å²) in [7, 11) is -1.99. The number of halogens is 1. The van der Waals surface area contributed by atoms with Crippen molar-refractivity contribution < 1.29 is 32.6 Å². The van der Waals surface area contributed by atoms with Gasteiger partial charge in [-0.3, -0.25) is 4.98 Å². The van der Waals surface area contributed by atoms with Crippen LogP contribution in [0.4, 0.5) is 4.39 Å². The molecule has 0 saturated carbocycles. The molecule has 0 radical (unpaired) electrons. The lowest BCUT2D eigenvalue weighted by molar-refractivity contribution is -0.134. The number of aromatic nitrogens is 1. The molecule has 0 aliphatic carbocycles. The number of aliphatic carboxylic acids is 2. The van der Waals surface area contributed by atoms with Crippen LogP contribution in [0.15, 0.2) is 76.1 Å². The summed E-state index contributed by atoms with van der Waals surface area (Å²) in [6.45, 7) is 0.509. The van der Waals surface area contributed by atoms with E-state index in [9.17, 15) is 22.4 Å². The molecule has 3 rings (SSSR count). The van der Waals surface area contributed by atoms with Gasteiger partial charge < -0.3 is 15.5 Å². The van der Waals surface area contributed by atoms with Crippen LogP contribution in [0.2, 0.25) is 0 Å². The highest BCUT2D eigenvalue weighted by Crippen LogP contribution is 2.39. The Labute approximate surface area is 187 Å². The minimum absolute atomic E-state index is 0.0976. The zero-order chi connectivity index (χ0) is 23.7. The Morgan fingerprint density at radius 3 is 2.28 bits per heavy atom. The number of hydrogen-bond donors (Lipinski definition) is 3. The van der Waals surface area contributed by atoms with E-state index in [1.807, 2.05) is 0 Å². The Balaban J connectivity index is 0.000000390. The fraction of sp³-hybridized carbons (Fsp3) is 0.0952. The number of carboxylic acid groups (broad SMARTS) is 2. The van der Waals surface area contributed by atoms with Gasteiger partial charge in [0.1, 0.15) is 10.0 Å². The average molecular weight is 479 g/mol. The summed E-state index contributed by atoms with van der Waals surface area (Å²) in [6.07, 6.45) is 3.93. The zero-order valence-electron chi connectivity index (χ0n) is 16.7. The van der Waals surface area contributed by atoms with Gasteiger partial charge in [-0.1, -0.05) is 18.2 Å². The molecule has 32 heavy (non-hydrogen) atoms. The van der Waals surface area contributed by atoms with Gasteiger partial charge in [0.05, 0.1) is 4.90 Å². The standard InChI is InChI=1S/C17H15FN2O2S2.C4H4O4/c1-19-10-12-9-15(14-6-2-3-7-16(14)18)17(23-12)24(21,22)13-5-4-8-20-11-13;5-3(6)1-2-4(7)8/h2-9,11,19H,10H2,1H3;1-2H,(H,5,6)(H,7,8)/b;2-1+. The Kier molecular flexibility index (Phi) is 8.76. The van der Waals surface area contributed by atoms with Crippen LogP contribution in [-0.2, 0) is 26.0 Å². The van der Waals surface area contributed by atoms with Gasteiger partial charge in [0.15, 0.2) is 0 Å². The van der Waals surface area contributed by atoms with Crippen molar-refractivity contribution in [3.8, 4) is 11.1 Å².